The molecule has 5 rings (SSSR count). The van der Waals surface area contributed by atoms with Crippen LogP contribution in [0.3, 0.4) is 0 Å². The van der Waals surface area contributed by atoms with E-state index in [2.05, 4.69) is 9.97 Å². The highest BCUT2D eigenvalue weighted by Crippen LogP contribution is 2.29. The first-order valence-corrected chi connectivity index (χ1v) is 10.0. The van der Waals surface area contributed by atoms with E-state index in [0.29, 0.717) is 24.2 Å². The Labute approximate surface area is 174 Å². The number of rotatable bonds is 3. The summed E-state index contributed by atoms with van der Waals surface area (Å²) in [4.78, 5) is 23.4. The summed E-state index contributed by atoms with van der Waals surface area (Å²) in [6.45, 7) is 1.28. The van der Waals surface area contributed by atoms with E-state index >= 15 is 0 Å². The topological polar surface area (TPSA) is 46.1 Å². The molecule has 0 N–H and O–H groups in total. The molecule has 148 valence electrons. The lowest BCUT2D eigenvalue weighted by atomic mass is 10.00. The minimum atomic E-state index is -0.412. The van der Waals surface area contributed by atoms with Gasteiger partial charge >= 0.3 is 0 Å². The fraction of sp³-hybridized carbons (Fsp3) is 0.160. The Bertz CT molecular complexity index is 1230. The average Bonchev–Trinajstić information content (AvgIpc) is 3.29. The molecule has 0 radical (unpaired) electrons. The van der Waals surface area contributed by atoms with Crippen LogP contribution in [0.2, 0.25) is 0 Å². The first kappa shape index (κ1) is 18.4. The summed E-state index contributed by atoms with van der Waals surface area (Å²) in [6.07, 6.45) is 6.24. The Balaban J connectivity index is 1.42. The Morgan fingerprint density at radius 1 is 1.00 bits per heavy atom. The lowest BCUT2D eigenvalue weighted by Gasteiger charge is -2.17. The molecule has 1 aliphatic heterocycles. The van der Waals surface area contributed by atoms with E-state index in [0.717, 1.165) is 28.5 Å². The SMILES string of the molecule is O=C(c1cc(F)cc(-c2ccc3ncccc3c2)c1)N1CCC(c2cccnc2)C1. The Morgan fingerprint density at radius 2 is 1.90 bits per heavy atom. The number of nitrogens with zero attached hydrogens (tertiary/aromatic N) is 3. The zero-order chi connectivity index (χ0) is 20.5. The number of benzene rings is 2. The summed E-state index contributed by atoms with van der Waals surface area (Å²) in [5, 5.41) is 0.978. The van der Waals surface area contributed by atoms with E-state index in [9.17, 15) is 9.18 Å². The van der Waals surface area contributed by atoms with Gasteiger partial charge in [-0.05, 0) is 65.6 Å². The van der Waals surface area contributed by atoms with Crippen molar-refractivity contribution in [2.75, 3.05) is 13.1 Å². The van der Waals surface area contributed by atoms with Crippen LogP contribution in [0.1, 0.15) is 28.3 Å². The highest BCUT2D eigenvalue weighted by Gasteiger charge is 2.28. The molecule has 1 amide bonds. The van der Waals surface area contributed by atoms with Crippen molar-refractivity contribution in [2.45, 2.75) is 12.3 Å². The molecule has 4 nitrogen and oxygen atoms in total. The van der Waals surface area contributed by atoms with E-state index in [1.807, 2.05) is 48.7 Å². The molecule has 0 saturated carbocycles. The molecular weight excluding hydrogens is 377 g/mol. The summed E-state index contributed by atoms with van der Waals surface area (Å²) in [5.74, 6) is -0.279. The van der Waals surface area contributed by atoms with Crippen molar-refractivity contribution in [3.05, 3.63) is 96.2 Å². The predicted octanol–water partition coefficient (Wildman–Crippen LogP) is 5.07. The van der Waals surface area contributed by atoms with Gasteiger partial charge in [-0.2, -0.15) is 0 Å². The number of likely N-dealkylation sites (tertiary alicyclic amines) is 1. The first-order chi connectivity index (χ1) is 14.7. The summed E-state index contributed by atoms with van der Waals surface area (Å²) in [5.41, 5.74) is 3.94. The summed E-state index contributed by atoms with van der Waals surface area (Å²) >= 11 is 0. The van der Waals surface area contributed by atoms with Gasteiger partial charge in [0.1, 0.15) is 5.82 Å². The van der Waals surface area contributed by atoms with Crippen molar-refractivity contribution in [3.63, 3.8) is 0 Å². The zero-order valence-electron chi connectivity index (χ0n) is 16.3. The number of hydrogen-bond donors (Lipinski definition) is 0. The van der Waals surface area contributed by atoms with Crippen LogP contribution in [0.15, 0.2) is 79.3 Å². The molecule has 1 unspecified atom stereocenters. The molecule has 0 aliphatic carbocycles. The third-order valence-electron chi connectivity index (χ3n) is 5.71. The van der Waals surface area contributed by atoms with Gasteiger partial charge in [-0.25, -0.2) is 4.39 Å². The number of aromatic nitrogens is 2. The van der Waals surface area contributed by atoms with Crippen LogP contribution >= 0.6 is 0 Å². The van der Waals surface area contributed by atoms with Crippen molar-refractivity contribution >= 4 is 16.8 Å². The van der Waals surface area contributed by atoms with E-state index in [1.54, 1.807) is 23.4 Å². The van der Waals surface area contributed by atoms with Gasteiger partial charge in [0.05, 0.1) is 5.52 Å². The number of fused-ring (bicyclic) bond motifs is 1. The fourth-order valence-corrected chi connectivity index (χ4v) is 4.15. The molecule has 4 aromatic rings. The van der Waals surface area contributed by atoms with Crippen LogP contribution in [0.25, 0.3) is 22.0 Å². The molecule has 1 aliphatic rings. The van der Waals surface area contributed by atoms with Gasteiger partial charge in [0, 0.05) is 48.5 Å². The standard InChI is InChI=1S/C25H20FN3O/c26-23-13-21(17-5-6-24-18(11-17)3-2-9-28-24)12-22(14-23)25(30)29-10-7-20(16-29)19-4-1-8-27-15-19/h1-6,8-9,11-15,20H,7,10,16H2. The molecule has 2 aromatic heterocycles. The van der Waals surface area contributed by atoms with E-state index < -0.39 is 5.82 Å². The fourth-order valence-electron chi connectivity index (χ4n) is 4.15. The Morgan fingerprint density at radius 3 is 2.77 bits per heavy atom. The molecule has 30 heavy (non-hydrogen) atoms. The number of carbonyl (C=O) groups is 1. The molecule has 5 heteroatoms. The summed E-state index contributed by atoms with van der Waals surface area (Å²) in [6, 6.07) is 18.2. The second-order valence-corrected chi connectivity index (χ2v) is 7.66. The minimum Gasteiger partial charge on any atom is -0.338 e. The third-order valence-corrected chi connectivity index (χ3v) is 5.71. The van der Waals surface area contributed by atoms with Crippen molar-refractivity contribution in [2.24, 2.45) is 0 Å². The molecule has 1 atom stereocenters. The molecular formula is C25H20FN3O. The monoisotopic (exact) mass is 397 g/mol. The molecule has 3 heterocycles. The van der Waals surface area contributed by atoms with Gasteiger partial charge in [-0.15, -0.1) is 0 Å². The Kier molecular flexibility index (Phi) is 4.71. The van der Waals surface area contributed by atoms with Crippen molar-refractivity contribution in [3.8, 4) is 11.1 Å². The largest absolute Gasteiger partial charge is 0.338 e. The van der Waals surface area contributed by atoms with Gasteiger partial charge in [0.15, 0.2) is 0 Å². The van der Waals surface area contributed by atoms with E-state index in [4.69, 9.17) is 0 Å². The molecule has 1 fully saturated rings. The van der Waals surface area contributed by atoms with Crippen LogP contribution in [0, 0.1) is 5.82 Å². The van der Waals surface area contributed by atoms with Gasteiger partial charge < -0.3 is 4.90 Å². The van der Waals surface area contributed by atoms with Crippen molar-refractivity contribution < 1.29 is 9.18 Å². The number of halogens is 1. The highest BCUT2D eigenvalue weighted by molar-refractivity contribution is 5.96. The normalized spacial score (nSPS) is 16.2. The third kappa shape index (κ3) is 3.54. The molecule has 0 spiro atoms. The van der Waals surface area contributed by atoms with E-state index in [-0.39, 0.29) is 11.8 Å². The van der Waals surface area contributed by atoms with Gasteiger partial charge in [-0.1, -0.05) is 18.2 Å². The first-order valence-electron chi connectivity index (χ1n) is 10.0. The van der Waals surface area contributed by atoms with Crippen molar-refractivity contribution in [1.82, 2.24) is 14.9 Å². The van der Waals surface area contributed by atoms with Gasteiger partial charge in [0.25, 0.3) is 5.91 Å². The maximum Gasteiger partial charge on any atom is 0.253 e. The molecule has 1 saturated heterocycles. The van der Waals surface area contributed by atoms with Gasteiger partial charge in [0.2, 0.25) is 0 Å². The number of pyridine rings is 2. The second-order valence-electron chi connectivity index (χ2n) is 7.66. The van der Waals surface area contributed by atoms with Crippen molar-refractivity contribution in [1.29, 1.82) is 0 Å². The highest BCUT2D eigenvalue weighted by atomic mass is 19.1. The minimum absolute atomic E-state index is 0.135. The van der Waals surface area contributed by atoms with Crippen LogP contribution in [0.5, 0.6) is 0 Å². The maximum atomic E-state index is 14.4. The van der Waals surface area contributed by atoms with Crippen LogP contribution < -0.4 is 0 Å². The number of hydrogen-bond acceptors (Lipinski definition) is 3. The van der Waals surface area contributed by atoms with Crippen LogP contribution in [-0.4, -0.2) is 33.9 Å². The molecule has 0 bridgehead atoms. The van der Waals surface area contributed by atoms with Crippen LogP contribution in [0.4, 0.5) is 4.39 Å². The summed E-state index contributed by atoms with van der Waals surface area (Å²) in [7, 11) is 0. The van der Waals surface area contributed by atoms with Gasteiger partial charge in [-0.3, -0.25) is 14.8 Å². The number of amides is 1. The smallest absolute Gasteiger partial charge is 0.253 e. The van der Waals surface area contributed by atoms with E-state index in [1.165, 1.54) is 12.1 Å². The predicted molar refractivity (Wildman–Crippen MR) is 115 cm³/mol. The second kappa shape index (κ2) is 7.67. The average molecular weight is 397 g/mol. The van der Waals surface area contributed by atoms with Crippen LogP contribution in [-0.2, 0) is 0 Å². The lowest BCUT2D eigenvalue weighted by Crippen LogP contribution is -2.28. The number of carbonyl (C=O) groups excluding carboxylic acids is 1. The maximum absolute atomic E-state index is 14.4. The lowest BCUT2D eigenvalue weighted by molar-refractivity contribution is 0.0790. The molecule has 2 aromatic carbocycles. The summed E-state index contributed by atoms with van der Waals surface area (Å²) < 4.78 is 14.4. The Hall–Kier alpha value is -3.60. The quantitative estimate of drug-likeness (QED) is 0.485. The zero-order valence-corrected chi connectivity index (χ0v) is 16.3.